The SMILES string of the molecule is CCc1ccc(CC)c(Br)c1Br. The molecule has 0 atom stereocenters. The highest BCUT2D eigenvalue weighted by Crippen LogP contribution is 2.30. The third kappa shape index (κ3) is 1.91. The van der Waals surface area contributed by atoms with Crippen LogP contribution in [0.2, 0.25) is 0 Å². The Hall–Kier alpha value is 0.180. The van der Waals surface area contributed by atoms with Crippen molar-refractivity contribution in [3.05, 3.63) is 32.2 Å². The van der Waals surface area contributed by atoms with E-state index in [0.717, 1.165) is 12.8 Å². The average Bonchev–Trinajstić information content (AvgIpc) is 2.10. The number of aryl methyl sites for hydroxylation is 2. The average molecular weight is 292 g/mol. The Morgan fingerprint density at radius 2 is 1.25 bits per heavy atom. The largest absolute Gasteiger partial charge is 0.0613 e. The molecule has 0 aliphatic rings. The number of benzene rings is 1. The van der Waals surface area contributed by atoms with Gasteiger partial charge in [-0.3, -0.25) is 0 Å². The zero-order valence-electron chi connectivity index (χ0n) is 7.32. The molecule has 1 aromatic rings. The minimum absolute atomic E-state index is 1.07. The Morgan fingerprint density at radius 1 is 0.917 bits per heavy atom. The minimum Gasteiger partial charge on any atom is -0.0613 e. The normalized spacial score (nSPS) is 10.3. The standard InChI is InChI=1S/C10H12Br2/c1-3-7-5-6-8(4-2)10(12)9(7)11/h5-6H,3-4H2,1-2H3. The van der Waals surface area contributed by atoms with Gasteiger partial charge in [-0.2, -0.15) is 0 Å². The van der Waals surface area contributed by atoms with Gasteiger partial charge in [0.15, 0.2) is 0 Å². The lowest BCUT2D eigenvalue weighted by Crippen LogP contribution is -1.89. The highest BCUT2D eigenvalue weighted by molar-refractivity contribution is 9.13. The minimum atomic E-state index is 1.07. The Balaban J connectivity index is 3.20. The molecule has 0 aliphatic carbocycles. The molecular weight excluding hydrogens is 280 g/mol. The fourth-order valence-corrected chi connectivity index (χ4v) is 2.51. The smallest absolute Gasteiger partial charge is 0.0352 e. The first-order valence-corrected chi connectivity index (χ1v) is 5.75. The van der Waals surface area contributed by atoms with Crippen molar-refractivity contribution in [2.24, 2.45) is 0 Å². The first-order valence-electron chi connectivity index (χ1n) is 4.16. The van der Waals surface area contributed by atoms with Gasteiger partial charge in [-0.15, -0.1) is 0 Å². The number of rotatable bonds is 2. The molecule has 0 nitrogen and oxygen atoms in total. The van der Waals surface area contributed by atoms with E-state index in [1.807, 2.05) is 0 Å². The predicted molar refractivity (Wildman–Crippen MR) is 60.6 cm³/mol. The number of hydrogen-bond donors (Lipinski definition) is 0. The van der Waals surface area contributed by atoms with Crippen molar-refractivity contribution >= 4 is 31.9 Å². The van der Waals surface area contributed by atoms with Crippen LogP contribution in [0.5, 0.6) is 0 Å². The molecule has 0 saturated carbocycles. The second kappa shape index (κ2) is 4.43. The molecule has 0 radical (unpaired) electrons. The van der Waals surface area contributed by atoms with Crippen LogP contribution >= 0.6 is 31.9 Å². The summed E-state index contributed by atoms with van der Waals surface area (Å²) in [5.41, 5.74) is 2.72. The van der Waals surface area contributed by atoms with Crippen molar-refractivity contribution in [3.8, 4) is 0 Å². The van der Waals surface area contributed by atoms with Gasteiger partial charge in [0.1, 0.15) is 0 Å². The Morgan fingerprint density at radius 3 is 1.50 bits per heavy atom. The van der Waals surface area contributed by atoms with Crippen LogP contribution in [0, 0.1) is 0 Å². The molecule has 0 saturated heterocycles. The zero-order chi connectivity index (χ0) is 9.14. The van der Waals surface area contributed by atoms with Crippen LogP contribution in [0.1, 0.15) is 25.0 Å². The summed E-state index contributed by atoms with van der Waals surface area (Å²) < 4.78 is 2.42. The molecule has 0 aromatic heterocycles. The maximum Gasteiger partial charge on any atom is 0.0352 e. The highest BCUT2D eigenvalue weighted by Gasteiger charge is 2.05. The van der Waals surface area contributed by atoms with Gasteiger partial charge in [0.25, 0.3) is 0 Å². The van der Waals surface area contributed by atoms with Gasteiger partial charge in [-0.25, -0.2) is 0 Å². The second-order valence-electron chi connectivity index (χ2n) is 2.72. The van der Waals surface area contributed by atoms with Gasteiger partial charge in [-0.1, -0.05) is 26.0 Å². The molecule has 0 aliphatic heterocycles. The summed E-state index contributed by atoms with van der Waals surface area (Å²) in [7, 11) is 0. The van der Waals surface area contributed by atoms with Crippen LogP contribution in [0.4, 0.5) is 0 Å². The maximum absolute atomic E-state index is 3.59. The molecule has 1 aromatic carbocycles. The fraction of sp³-hybridized carbons (Fsp3) is 0.400. The van der Waals surface area contributed by atoms with Crippen LogP contribution in [-0.2, 0) is 12.8 Å². The molecule has 12 heavy (non-hydrogen) atoms. The summed E-state index contributed by atoms with van der Waals surface area (Å²) in [6.45, 7) is 4.33. The van der Waals surface area contributed by atoms with Crippen molar-refractivity contribution in [2.75, 3.05) is 0 Å². The van der Waals surface area contributed by atoms with Gasteiger partial charge in [0.05, 0.1) is 0 Å². The third-order valence-electron chi connectivity index (χ3n) is 2.00. The lowest BCUT2D eigenvalue weighted by atomic mass is 10.1. The molecule has 0 heterocycles. The van der Waals surface area contributed by atoms with Gasteiger partial charge in [-0.05, 0) is 55.8 Å². The van der Waals surface area contributed by atoms with Gasteiger partial charge in [0.2, 0.25) is 0 Å². The van der Waals surface area contributed by atoms with Crippen molar-refractivity contribution in [3.63, 3.8) is 0 Å². The predicted octanol–water partition coefficient (Wildman–Crippen LogP) is 4.34. The van der Waals surface area contributed by atoms with E-state index in [0.29, 0.717) is 0 Å². The van der Waals surface area contributed by atoms with Gasteiger partial charge < -0.3 is 0 Å². The molecule has 0 fully saturated rings. The molecule has 2 heteroatoms. The summed E-state index contributed by atoms with van der Waals surface area (Å²) in [5.74, 6) is 0. The summed E-state index contributed by atoms with van der Waals surface area (Å²) in [5, 5.41) is 0. The molecule has 1 rings (SSSR count). The first kappa shape index (κ1) is 10.3. The van der Waals surface area contributed by atoms with Crippen LogP contribution in [0.15, 0.2) is 21.1 Å². The zero-order valence-corrected chi connectivity index (χ0v) is 10.5. The summed E-state index contributed by atoms with van der Waals surface area (Å²) in [6, 6.07) is 4.38. The van der Waals surface area contributed by atoms with Crippen LogP contribution < -0.4 is 0 Å². The van der Waals surface area contributed by atoms with Crippen molar-refractivity contribution in [1.82, 2.24) is 0 Å². The second-order valence-corrected chi connectivity index (χ2v) is 4.30. The van der Waals surface area contributed by atoms with E-state index in [1.54, 1.807) is 0 Å². The summed E-state index contributed by atoms with van der Waals surface area (Å²) >= 11 is 7.17. The quantitative estimate of drug-likeness (QED) is 0.760. The van der Waals surface area contributed by atoms with E-state index in [1.165, 1.54) is 20.1 Å². The van der Waals surface area contributed by atoms with Crippen molar-refractivity contribution in [2.45, 2.75) is 26.7 Å². The highest BCUT2D eigenvalue weighted by atomic mass is 79.9. The molecule has 0 spiro atoms. The molecule has 0 amide bonds. The number of halogens is 2. The van der Waals surface area contributed by atoms with Crippen molar-refractivity contribution in [1.29, 1.82) is 0 Å². The van der Waals surface area contributed by atoms with Crippen LogP contribution in [0.25, 0.3) is 0 Å². The topological polar surface area (TPSA) is 0 Å². The van der Waals surface area contributed by atoms with E-state index in [9.17, 15) is 0 Å². The monoisotopic (exact) mass is 290 g/mol. The lowest BCUT2D eigenvalue weighted by molar-refractivity contribution is 1.08. The van der Waals surface area contributed by atoms with Gasteiger partial charge >= 0.3 is 0 Å². The van der Waals surface area contributed by atoms with E-state index in [-0.39, 0.29) is 0 Å². The van der Waals surface area contributed by atoms with E-state index in [4.69, 9.17) is 0 Å². The summed E-state index contributed by atoms with van der Waals surface area (Å²) in [4.78, 5) is 0. The van der Waals surface area contributed by atoms with E-state index in [2.05, 4.69) is 57.8 Å². The lowest BCUT2D eigenvalue weighted by Gasteiger charge is -2.07. The van der Waals surface area contributed by atoms with Crippen LogP contribution in [-0.4, -0.2) is 0 Å². The number of hydrogen-bond acceptors (Lipinski definition) is 0. The summed E-state index contributed by atoms with van der Waals surface area (Å²) in [6.07, 6.45) is 2.15. The molecule has 0 unspecified atom stereocenters. The molecule has 66 valence electrons. The maximum atomic E-state index is 3.59. The Bertz CT molecular complexity index is 250. The molecule has 0 N–H and O–H groups in total. The van der Waals surface area contributed by atoms with Crippen LogP contribution in [0.3, 0.4) is 0 Å². The van der Waals surface area contributed by atoms with E-state index >= 15 is 0 Å². The van der Waals surface area contributed by atoms with Crippen molar-refractivity contribution < 1.29 is 0 Å². The fourth-order valence-electron chi connectivity index (χ4n) is 1.18. The van der Waals surface area contributed by atoms with E-state index < -0.39 is 0 Å². The Kier molecular flexibility index (Phi) is 3.78. The molecule has 0 bridgehead atoms. The Labute approximate surface area is 90.6 Å². The van der Waals surface area contributed by atoms with Gasteiger partial charge in [0, 0.05) is 8.95 Å². The third-order valence-corrected chi connectivity index (χ3v) is 4.35. The first-order chi connectivity index (χ1) is 5.70. The molecular formula is C10H12Br2.